The summed E-state index contributed by atoms with van der Waals surface area (Å²) in [4.78, 5) is 12.7. The molecule has 0 N–H and O–H groups in total. The van der Waals surface area contributed by atoms with Crippen LogP contribution in [0.15, 0.2) is 12.1 Å². The van der Waals surface area contributed by atoms with Gasteiger partial charge in [0.15, 0.2) is 5.82 Å². The van der Waals surface area contributed by atoms with Crippen LogP contribution in [-0.2, 0) is 4.79 Å². The van der Waals surface area contributed by atoms with Gasteiger partial charge in [0.1, 0.15) is 6.29 Å². The van der Waals surface area contributed by atoms with Gasteiger partial charge in [-0.05, 0) is 25.5 Å². The minimum Gasteiger partial charge on any atom is -0.354 e. The topological polar surface area (TPSA) is 46.1 Å². The Bertz CT molecular complexity index is 323. The van der Waals surface area contributed by atoms with E-state index in [-0.39, 0.29) is 5.92 Å². The third kappa shape index (κ3) is 1.73. The van der Waals surface area contributed by atoms with E-state index in [0.29, 0.717) is 0 Å². The number of aryl methyl sites for hydroxylation is 1. The molecule has 14 heavy (non-hydrogen) atoms. The van der Waals surface area contributed by atoms with Crippen molar-refractivity contribution in [1.82, 2.24) is 10.2 Å². The monoisotopic (exact) mass is 191 g/mol. The van der Waals surface area contributed by atoms with Crippen LogP contribution >= 0.6 is 0 Å². The maximum Gasteiger partial charge on any atom is 0.151 e. The van der Waals surface area contributed by atoms with Gasteiger partial charge in [-0.3, -0.25) is 0 Å². The van der Waals surface area contributed by atoms with E-state index < -0.39 is 0 Å². The molecule has 2 rings (SSSR count). The van der Waals surface area contributed by atoms with Crippen LogP contribution in [0.2, 0.25) is 0 Å². The van der Waals surface area contributed by atoms with Gasteiger partial charge in [-0.2, -0.15) is 5.10 Å². The summed E-state index contributed by atoms with van der Waals surface area (Å²) in [5, 5.41) is 8.08. The molecule has 0 radical (unpaired) electrons. The second-order valence-corrected chi connectivity index (χ2v) is 3.66. The SMILES string of the molecule is Cc1ccc(N2CCC(C=O)C2)nn1. The summed E-state index contributed by atoms with van der Waals surface area (Å²) in [7, 11) is 0. The van der Waals surface area contributed by atoms with Gasteiger partial charge in [0.05, 0.1) is 5.69 Å². The largest absolute Gasteiger partial charge is 0.354 e. The van der Waals surface area contributed by atoms with Gasteiger partial charge in [0.2, 0.25) is 0 Å². The zero-order chi connectivity index (χ0) is 9.97. The third-order valence-corrected chi connectivity index (χ3v) is 2.52. The first-order valence-electron chi connectivity index (χ1n) is 4.80. The smallest absolute Gasteiger partial charge is 0.151 e. The Morgan fingerprint density at radius 1 is 1.50 bits per heavy atom. The molecule has 0 aromatic carbocycles. The zero-order valence-electron chi connectivity index (χ0n) is 8.18. The summed E-state index contributed by atoms with van der Waals surface area (Å²) < 4.78 is 0. The quantitative estimate of drug-likeness (QED) is 0.649. The third-order valence-electron chi connectivity index (χ3n) is 2.52. The maximum atomic E-state index is 10.6. The lowest BCUT2D eigenvalue weighted by atomic mass is 10.1. The highest BCUT2D eigenvalue weighted by atomic mass is 16.1. The molecular weight excluding hydrogens is 178 g/mol. The van der Waals surface area contributed by atoms with Crippen LogP contribution in [0, 0.1) is 12.8 Å². The van der Waals surface area contributed by atoms with Crippen molar-refractivity contribution in [1.29, 1.82) is 0 Å². The van der Waals surface area contributed by atoms with Crippen molar-refractivity contribution in [2.45, 2.75) is 13.3 Å². The van der Waals surface area contributed by atoms with Gasteiger partial charge in [0, 0.05) is 19.0 Å². The number of rotatable bonds is 2. The Labute approximate surface area is 82.9 Å². The highest BCUT2D eigenvalue weighted by Gasteiger charge is 2.22. The van der Waals surface area contributed by atoms with Crippen molar-refractivity contribution in [3.63, 3.8) is 0 Å². The van der Waals surface area contributed by atoms with E-state index in [2.05, 4.69) is 15.1 Å². The van der Waals surface area contributed by atoms with Crippen molar-refractivity contribution in [3.05, 3.63) is 17.8 Å². The molecule has 0 bridgehead atoms. The first-order valence-corrected chi connectivity index (χ1v) is 4.80. The van der Waals surface area contributed by atoms with E-state index in [0.717, 1.165) is 37.3 Å². The molecule has 4 nitrogen and oxygen atoms in total. The number of nitrogens with zero attached hydrogens (tertiary/aromatic N) is 3. The predicted molar refractivity (Wildman–Crippen MR) is 53.2 cm³/mol. The Hall–Kier alpha value is -1.45. The van der Waals surface area contributed by atoms with Crippen molar-refractivity contribution in [2.24, 2.45) is 5.92 Å². The average molecular weight is 191 g/mol. The van der Waals surface area contributed by atoms with E-state index >= 15 is 0 Å². The molecule has 1 fully saturated rings. The predicted octanol–water partition coefficient (Wildman–Crippen LogP) is 0.810. The zero-order valence-corrected chi connectivity index (χ0v) is 8.18. The van der Waals surface area contributed by atoms with Gasteiger partial charge >= 0.3 is 0 Å². The highest BCUT2D eigenvalue weighted by Crippen LogP contribution is 2.19. The number of hydrogen-bond acceptors (Lipinski definition) is 4. The van der Waals surface area contributed by atoms with Crippen molar-refractivity contribution >= 4 is 12.1 Å². The van der Waals surface area contributed by atoms with Crippen LogP contribution in [0.4, 0.5) is 5.82 Å². The molecule has 1 saturated heterocycles. The number of hydrogen-bond donors (Lipinski definition) is 0. The van der Waals surface area contributed by atoms with Crippen LogP contribution in [0.25, 0.3) is 0 Å². The van der Waals surface area contributed by atoms with Crippen molar-refractivity contribution in [3.8, 4) is 0 Å². The van der Waals surface area contributed by atoms with Crippen LogP contribution in [-0.4, -0.2) is 29.6 Å². The number of carbonyl (C=O) groups excluding carboxylic acids is 1. The van der Waals surface area contributed by atoms with Crippen LogP contribution in [0.3, 0.4) is 0 Å². The van der Waals surface area contributed by atoms with E-state index in [1.54, 1.807) is 0 Å². The summed E-state index contributed by atoms with van der Waals surface area (Å²) in [6, 6.07) is 3.89. The normalized spacial score (nSPS) is 21.2. The minimum absolute atomic E-state index is 0.165. The molecule has 2 heterocycles. The van der Waals surface area contributed by atoms with E-state index in [4.69, 9.17) is 0 Å². The Morgan fingerprint density at radius 3 is 2.93 bits per heavy atom. The molecule has 1 atom stereocenters. The molecule has 0 spiro atoms. The molecule has 1 unspecified atom stereocenters. The minimum atomic E-state index is 0.165. The fourth-order valence-electron chi connectivity index (χ4n) is 1.67. The molecule has 1 aliphatic rings. The first-order chi connectivity index (χ1) is 6.79. The molecule has 1 aliphatic heterocycles. The summed E-state index contributed by atoms with van der Waals surface area (Å²) in [5.74, 6) is 1.04. The Morgan fingerprint density at radius 2 is 2.36 bits per heavy atom. The number of anilines is 1. The molecule has 1 aromatic rings. The molecule has 0 amide bonds. The summed E-state index contributed by atoms with van der Waals surface area (Å²) in [6.45, 7) is 3.59. The molecule has 0 aliphatic carbocycles. The van der Waals surface area contributed by atoms with E-state index in [1.807, 2.05) is 19.1 Å². The lowest BCUT2D eigenvalue weighted by molar-refractivity contribution is -0.110. The standard InChI is InChI=1S/C10H13N3O/c1-8-2-3-10(12-11-8)13-5-4-9(6-13)7-14/h2-3,7,9H,4-6H2,1H3. The van der Waals surface area contributed by atoms with Gasteiger partial charge in [0.25, 0.3) is 0 Å². The average Bonchev–Trinajstić information content (AvgIpc) is 2.67. The first kappa shape index (κ1) is 9.12. The molecule has 4 heteroatoms. The van der Waals surface area contributed by atoms with Crippen LogP contribution in [0.5, 0.6) is 0 Å². The van der Waals surface area contributed by atoms with Crippen LogP contribution < -0.4 is 4.90 Å². The lowest BCUT2D eigenvalue weighted by Gasteiger charge is -2.15. The fourth-order valence-corrected chi connectivity index (χ4v) is 1.67. The Kier molecular flexibility index (Phi) is 2.43. The molecule has 0 saturated carbocycles. The lowest BCUT2D eigenvalue weighted by Crippen LogP contribution is -2.21. The van der Waals surface area contributed by atoms with Gasteiger partial charge in [-0.15, -0.1) is 5.10 Å². The molecule has 74 valence electrons. The molecule has 1 aromatic heterocycles. The number of aldehydes is 1. The second-order valence-electron chi connectivity index (χ2n) is 3.66. The maximum absolute atomic E-state index is 10.6. The summed E-state index contributed by atoms with van der Waals surface area (Å²) >= 11 is 0. The second kappa shape index (κ2) is 3.74. The van der Waals surface area contributed by atoms with Crippen LogP contribution in [0.1, 0.15) is 12.1 Å². The highest BCUT2D eigenvalue weighted by molar-refractivity contribution is 5.57. The molecular formula is C10H13N3O. The van der Waals surface area contributed by atoms with Gasteiger partial charge < -0.3 is 9.69 Å². The number of aromatic nitrogens is 2. The van der Waals surface area contributed by atoms with E-state index in [1.165, 1.54) is 0 Å². The Balaban J connectivity index is 2.09. The summed E-state index contributed by atoms with van der Waals surface area (Å²) in [6.07, 6.45) is 1.96. The van der Waals surface area contributed by atoms with Gasteiger partial charge in [-0.1, -0.05) is 0 Å². The van der Waals surface area contributed by atoms with Crippen molar-refractivity contribution in [2.75, 3.05) is 18.0 Å². The van der Waals surface area contributed by atoms with E-state index in [9.17, 15) is 4.79 Å². The fraction of sp³-hybridized carbons (Fsp3) is 0.500. The summed E-state index contributed by atoms with van der Waals surface area (Å²) in [5.41, 5.74) is 0.917. The van der Waals surface area contributed by atoms with Crippen molar-refractivity contribution < 1.29 is 4.79 Å². The van der Waals surface area contributed by atoms with Gasteiger partial charge in [-0.25, -0.2) is 0 Å². The number of carbonyl (C=O) groups is 1.